The molecule has 3 rings (SSSR count). The Morgan fingerprint density at radius 2 is 2.25 bits per heavy atom. The molecule has 0 radical (unpaired) electrons. The predicted octanol–water partition coefficient (Wildman–Crippen LogP) is 0.752. The van der Waals surface area contributed by atoms with Crippen molar-refractivity contribution >= 4 is 0 Å². The van der Waals surface area contributed by atoms with Crippen LogP contribution in [0.1, 0.15) is 30.8 Å². The molecule has 1 aliphatic heterocycles. The van der Waals surface area contributed by atoms with Gasteiger partial charge in [-0.1, -0.05) is 0 Å². The molecule has 4 nitrogen and oxygen atoms in total. The van der Waals surface area contributed by atoms with Gasteiger partial charge in [0.15, 0.2) is 0 Å². The summed E-state index contributed by atoms with van der Waals surface area (Å²) >= 11 is 0. The van der Waals surface area contributed by atoms with Gasteiger partial charge in [0.05, 0.1) is 5.69 Å². The normalized spacial score (nSPS) is 23.1. The van der Waals surface area contributed by atoms with Crippen molar-refractivity contribution in [2.45, 2.75) is 44.3 Å². The van der Waals surface area contributed by atoms with Gasteiger partial charge in [-0.2, -0.15) is 0 Å². The van der Waals surface area contributed by atoms with Gasteiger partial charge in [-0.25, -0.2) is 4.98 Å². The maximum absolute atomic E-state index is 6.12. The van der Waals surface area contributed by atoms with Crippen molar-refractivity contribution < 1.29 is 0 Å². The fourth-order valence-electron chi connectivity index (χ4n) is 2.45. The Hall–Kier alpha value is -0.870. The zero-order valence-electron chi connectivity index (χ0n) is 9.95. The first-order chi connectivity index (χ1) is 7.66. The summed E-state index contributed by atoms with van der Waals surface area (Å²) in [4.78, 5) is 6.88. The first kappa shape index (κ1) is 10.3. The van der Waals surface area contributed by atoms with Crippen LogP contribution < -0.4 is 5.73 Å². The summed E-state index contributed by atoms with van der Waals surface area (Å²) in [5, 5.41) is 0. The second kappa shape index (κ2) is 3.57. The fourth-order valence-corrected chi connectivity index (χ4v) is 2.45. The summed E-state index contributed by atoms with van der Waals surface area (Å²) in [6.45, 7) is 3.24. The van der Waals surface area contributed by atoms with Gasteiger partial charge in [0.2, 0.25) is 0 Å². The second-order valence-electron chi connectivity index (χ2n) is 5.42. The molecule has 1 aromatic rings. The highest BCUT2D eigenvalue weighted by molar-refractivity contribution is 5.10. The highest BCUT2D eigenvalue weighted by Gasteiger charge is 2.37. The predicted molar refractivity (Wildman–Crippen MR) is 63.0 cm³/mol. The molecule has 0 amide bonds. The lowest BCUT2D eigenvalue weighted by molar-refractivity contribution is 0.266. The van der Waals surface area contributed by atoms with Crippen molar-refractivity contribution in [3.05, 3.63) is 17.7 Å². The Kier molecular flexibility index (Phi) is 2.30. The van der Waals surface area contributed by atoms with Crippen LogP contribution in [0.4, 0.5) is 0 Å². The topological polar surface area (TPSA) is 47.1 Å². The zero-order chi connectivity index (χ0) is 11.2. The first-order valence-corrected chi connectivity index (χ1v) is 6.17. The van der Waals surface area contributed by atoms with Crippen LogP contribution in [0.3, 0.4) is 0 Å². The molecule has 0 saturated heterocycles. The largest absolute Gasteiger partial charge is 0.330 e. The highest BCUT2D eigenvalue weighted by Crippen LogP contribution is 2.36. The minimum atomic E-state index is 0.151. The Bertz CT molecular complexity index is 392. The number of nitrogens with two attached hydrogens (primary N) is 1. The van der Waals surface area contributed by atoms with Crippen LogP contribution in [0.25, 0.3) is 0 Å². The maximum Gasteiger partial charge on any atom is 0.109 e. The standard InChI is InChI=1S/C12H20N4/c1-15-6-7-16-10(9-15)8-14-11(16)2-3-12(13)4-5-12/h8H,2-7,9,13H2,1H3. The zero-order valence-corrected chi connectivity index (χ0v) is 9.95. The molecular weight excluding hydrogens is 200 g/mol. The number of aryl methyl sites for hydroxylation is 1. The molecule has 88 valence electrons. The average Bonchev–Trinajstić information content (AvgIpc) is 2.87. The summed E-state index contributed by atoms with van der Waals surface area (Å²) in [5.41, 5.74) is 7.62. The van der Waals surface area contributed by atoms with E-state index in [4.69, 9.17) is 5.73 Å². The summed E-state index contributed by atoms with van der Waals surface area (Å²) in [6, 6.07) is 0. The van der Waals surface area contributed by atoms with Crippen molar-refractivity contribution in [2.75, 3.05) is 13.6 Å². The van der Waals surface area contributed by atoms with Crippen molar-refractivity contribution in [3.8, 4) is 0 Å². The van der Waals surface area contributed by atoms with Crippen LogP contribution in [-0.4, -0.2) is 33.6 Å². The molecule has 1 aromatic heterocycles. The van der Waals surface area contributed by atoms with Gasteiger partial charge in [0, 0.05) is 37.8 Å². The lowest BCUT2D eigenvalue weighted by atomic mass is 10.1. The van der Waals surface area contributed by atoms with E-state index in [1.165, 1.54) is 24.4 Å². The molecule has 0 unspecified atom stereocenters. The van der Waals surface area contributed by atoms with Crippen LogP contribution >= 0.6 is 0 Å². The fraction of sp³-hybridized carbons (Fsp3) is 0.750. The van der Waals surface area contributed by atoms with E-state index in [2.05, 4.69) is 21.5 Å². The van der Waals surface area contributed by atoms with Crippen molar-refractivity contribution in [1.29, 1.82) is 0 Å². The average molecular weight is 220 g/mol. The Morgan fingerprint density at radius 3 is 3.00 bits per heavy atom. The van der Waals surface area contributed by atoms with Gasteiger partial charge in [0.1, 0.15) is 5.82 Å². The number of aromatic nitrogens is 2. The minimum Gasteiger partial charge on any atom is -0.330 e. The summed E-state index contributed by atoms with van der Waals surface area (Å²) in [7, 11) is 2.16. The number of imidazole rings is 1. The molecule has 1 saturated carbocycles. The van der Waals surface area contributed by atoms with Crippen molar-refractivity contribution in [3.63, 3.8) is 0 Å². The number of hydrogen-bond acceptors (Lipinski definition) is 3. The van der Waals surface area contributed by atoms with Crippen LogP contribution in [-0.2, 0) is 19.5 Å². The molecule has 2 aliphatic rings. The minimum absolute atomic E-state index is 0.151. The number of rotatable bonds is 3. The van der Waals surface area contributed by atoms with Crippen LogP contribution in [0.5, 0.6) is 0 Å². The number of hydrogen-bond donors (Lipinski definition) is 1. The molecular formula is C12H20N4. The van der Waals surface area contributed by atoms with Gasteiger partial charge in [-0.3, -0.25) is 4.90 Å². The van der Waals surface area contributed by atoms with Crippen molar-refractivity contribution in [2.24, 2.45) is 5.73 Å². The molecule has 0 aromatic carbocycles. The van der Waals surface area contributed by atoms with E-state index < -0.39 is 0 Å². The summed E-state index contributed by atoms with van der Waals surface area (Å²) in [6.07, 6.45) is 6.56. The quantitative estimate of drug-likeness (QED) is 0.818. The second-order valence-corrected chi connectivity index (χ2v) is 5.42. The Labute approximate surface area is 96.4 Å². The monoisotopic (exact) mass is 220 g/mol. The van der Waals surface area contributed by atoms with Gasteiger partial charge in [0.25, 0.3) is 0 Å². The van der Waals surface area contributed by atoms with Crippen LogP contribution in [0.2, 0.25) is 0 Å². The third-order valence-electron chi connectivity index (χ3n) is 3.90. The van der Waals surface area contributed by atoms with Gasteiger partial charge >= 0.3 is 0 Å². The number of fused-ring (bicyclic) bond motifs is 1. The molecule has 16 heavy (non-hydrogen) atoms. The molecule has 2 N–H and O–H groups in total. The number of nitrogens with zero attached hydrogens (tertiary/aromatic N) is 3. The molecule has 2 heterocycles. The first-order valence-electron chi connectivity index (χ1n) is 6.17. The van der Waals surface area contributed by atoms with Crippen molar-refractivity contribution in [1.82, 2.24) is 14.5 Å². The van der Waals surface area contributed by atoms with E-state index in [0.717, 1.165) is 32.5 Å². The number of likely N-dealkylation sites (N-methyl/N-ethyl adjacent to an activating group) is 1. The molecule has 0 bridgehead atoms. The van der Waals surface area contributed by atoms with Gasteiger partial charge in [-0.15, -0.1) is 0 Å². The lowest BCUT2D eigenvalue weighted by Crippen LogP contribution is -2.31. The van der Waals surface area contributed by atoms with E-state index in [1.54, 1.807) is 0 Å². The third-order valence-corrected chi connectivity index (χ3v) is 3.90. The van der Waals surface area contributed by atoms with Gasteiger partial charge in [-0.05, 0) is 26.3 Å². The summed E-state index contributed by atoms with van der Waals surface area (Å²) in [5.74, 6) is 1.24. The molecule has 1 fully saturated rings. The van der Waals surface area contributed by atoms with Crippen LogP contribution in [0.15, 0.2) is 6.20 Å². The molecule has 1 aliphatic carbocycles. The smallest absolute Gasteiger partial charge is 0.109 e. The third kappa shape index (κ3) is 1.87. The lowest BCUT2D eigenvalue weighted by Gasteiger charge is -2.25. The van der Waals surface area contributed by atoms with E-state index in [0.29, 0.717) is 0 Å². The van der Waals surface area contributed by atoms with E-state index >= 15 is 0 Å². The molecule has 0 spiro atoms. The SMILES string of the molecule is CN1CCn2c(cnc2CCC2(N)CC2)C1. The molecule has 0 atom stereocenters. The summed E-state index contributed by atoms with van der Waals surface area (Å²) < 4.78 is 2.38. The Morgan fingerprint density at radius 1 is 1.44 bits per heavy atom. The van der Waals surface area contributed by atoms with E-state index in [9.17, 15) is 0 Å². The van der Waals surface area contributed by atoms with E-state index in [1.807, 2.05) is 6.20 Å². The van der Waals surface area contributed by atoms with Gasteiger partial charge < -0.3 is 10.3 Å². The molecule has 4 heteroatoms. The maximum atomic E-state index is 6.12. The Balaban J connectivity index is 1.71. The highest BCUT2D eigenvalue weighted by atomic mass is 15.2. The van der Waals surface area contributed by atoms with E-state index in [-0.39, 0.29) is 5.54 Å². The van der Waals surface area contributed by atoms with Crippen LogP contribution in [0, 0.1) is 0 Å².